The van der Waals surface area contributed by atoms with Crippen LogP contribution in [-0.2, 0) is 6.18 Å². The zero-order valence-corrected chi connectivity index (χ0v) is 11.4. The van der Waals surface area contributed by atoms with Gasteiger partial charge in [-0.2, -0.15) is 13.2 Å². The molecule has 0 aliphatic heterocycles. The number of carboxylic acid groups (broad SMARTS) is 1. The molecule has 0 spiro atoms. The van der Waals surface area contributed by atoms with Gasteiger partial charge in [-0.1, -0.05) is 25.5 Å². The molecule has 2 aromatic rings. The molecule has 8 heteroatoms. The van der Waals surface area contributed by atoms with E-state index in [2.05, 4.69) is 24.2 Å². The second-order valence-corrected chi connectivity index (χ2v) is 4.09. The molecule has 114 valence electrons. The second kappa shape index (κ2) is 6.87. The molecule has 0 fully saturated rings. The van der Waals surface area contributed by atoms with Crippen LogP contribution in [0, 0.1) is 0 Å². The van der Waals surface area contributed by atoms with Crippen LogP contribution in [0.2, 0.25) is 0 Å². The van der Waals surface area contributed by atoms with Crippen LogP contribution < -0.4 is 0 Å². The summed E-state index contributed by atoms with van der Waals surface area (Å²) in [5, 5.41) is 15.7. The Hall–Kier alpha value is -2.38. The number of nitrogens with zero attached hydrogens (tertiary/aromatic N) is 3. The summed E-state index contributed by atoms with van der Waals surface area (Å²) >= 11 is 0. The normalized spacial score (nSPS) is 10.7. The molecule has 1 heterocycles. The van der Waals surface area contributed by atoms with Gasteiger partial charge in [0.2, 0.25) is 0 Å². The van der Waals surface area contributed by atoms with Crippen molar-refractivity contribution in [2.24, 2.45) is 0 Å². The molecule has 0 saturated carbocycles. The maximum absolute atomic E-state index is 12.7. The molecular weight excluding hydrogens is 287 g/mol. The third-order valence-electron chi connectivity index (χ3n) is 2.23. The fraction of sp³-hybridized carbons (Fsp3) is 0.308. The number of hydrogen-bond acceptors (Lipinski definition) is 3. The summed E-state index contributed by atoms with van der Waals surface area (Å²) in [6.07, 6.45) is -0.835. The highest BCUT2D eigenvalue weighted by atomic mass is 19.4. The van der Waals surface area contributed by atoms with Gasteiger partial charge in [0.15, 0.2) is 0 Å². The Morgan fingerprint density at radius 2 is 1.95 bits per heavy atom. The van der Waals surface area contributed by atoms with E-state index in [4.69, 9.17) is 5.11 Å². The van der Waals surface area contributed by atoms with Crippen LogP contribution >= 0.6 is 0 Å². The van der Waals surface area contributed by atoms with E-state index >= 15 is 0 Å². The summed E-state index contributed by atoms with van der Waals surface area (Å²) < 4.78 is 39.3. The van der Waals surface area contributed by atoms with Crippen LogP contribution in [0.25, 0.3) is 5.69 Å². The largest absolute Gasteiger partial charge is 0.478 e. The lowest BCUT2D eigenvalue weighted by atomic mass is 10.1. The molecule has 0 amide bonds. The number of carbonyl (C=O) groups is 1. The van der Waals surface area contributed by atoms with Crippen LogP contribution in [0.4, 0.5) is 13.2 Å². The maximum atomic E-state index is 12.7. The molecule has 0 aliphatic rings. The van der Waals surface area contributed by atoms with E-state index in [0.29, 0.717) is 0 Å². The standard InChI is InChI=1S/C10H6F3N3O2.C3H8/c11-10(12,13)8-5-6(16-4-3-14-15-16)1-2-7(8)9(17)18;1-3-2/h1-5H,(H,17,18);3H2,1-2H3. The van der Waals surface area contributed by atoms with Crippen LogP contribution in [0.15, 0.2) is 30.6 Å². The first-order valence-corrected chi connectivity index (χ1v) is 6.12. The maximum Gasteiger partial charge on any atom is 0.417 e. The van der Waals surface area contributed by atoms with E-state index in [9.17, 15) is 18.0 Å². The smallest absolute Gasteiger partial charge is 0.417 e. The predicted octanol–water partition coefficient (Wildman–Crippen LogP) is 3.40. The van der Waals surface area contributed by atoms with E-state index in [0.717, 1.165) is 16.8 Å². The van der Waals surface area contributed by atoms with Crippen molar-refractivity contribution in [2.75, 3.05) is 0 Å². The Kier molecular flexibility index (Phi) is 5.45. The third kappa shape index (κ3) is 4.30. The van der Waals surface area contributed by atoms with Crippen molar-refractivity contribution in [3.8, 4) is 5.69 Å². The van der Waals surface area contributed by atoms with Crippen molar-refractivity contribution in [1.29, 1.82) is 0 Å². The van der Waals surface area contributed by atoms with E-state index in [1.165, 1.54) is 24.9 Å². The van der Waals surface area contributed by atoms with Crippen LogP contribution in [0.5, 0.6) is 0 Å². The summed E-state index contributed by atoms with van der Waals surface area (Å²) in [5.41, 5.74) is -1.93. The molecule has 5 nitrogen and oxygen atoms in total. The molecule has 2 rings (SSSR count). The average Bonchev–Trinajstić information content (AvgIpc) is 2.91. The number of rotatable bonds is 2. The number of hydrogen-bond donors (Lipinski definition) is 1. The minimum absolute atomic E-state index is 0.0878. The number of aromatic carboxylic acids is 1. The van der Waals surface area contributed by atoms with Gasteiger partial charge >= 0.3 is 12.1 Å². The fourth-order valence-electron chi connectivity index (χ4n) is 1.44. The van der Waals surface area contributed by atoms with Crippen LogP contribution in [-0.4, -0.2) is 26.1 Å². The van der Waals surface area contributed by atoms with Gasteiger partial charge in [-0.05, 0) is 18.2 Å². The van der Waals surface area contributed by atoms with E-state index in [1.807, 2.05) is 0 Å². The lowest BCUT2D eigenvalue weighted by Gasteiger charge is -2.11. The van der Waals surface area contributed by atoms with Crippen molar-refractivity contribution in [3.63, 3.8) is 0 Å². The Bertz CT molecular complexity index is 595. The van der Waals surface area contributed by atoms with Crippen molar-refractivity contribution < 1.29 is 23.1 Å². The summed E-state index contributed by atoms with van der Waals surface area (Å²) in [7, 11) is 0. The minimum Gasteiger partial charge on any atom is -0.478 e. The van der Waals surface area contributed by atoms with Gasteiger partial charge in [-0.3, -0.25) is 0 Å². The zero-order valence-electron chi connectivity index (χ0n) is 11.4. The van der Waals surface area contributed by atoms with Gasteiger partial charge in [0.1, 0.15) is 0 Å². The van der Waals surface area contributed by atoms with Crippen molar-refractivity contribution in [1.82, 2.24) is 15.0 Å². The molecule has 0 unspecified atom stereocenters. The summed E-state index contributed by atoms with van der Waals surface area (Å²) in [6.45, 7) is 4.25. The lowest BCUT2D eigenvalue weighted by Crippen LogP contribution is -2.14. The summed E-state index contributed by atoms with van der Waals surface area (Å²) in [6, 6.07) is 2.84. The highest BCUT2D eigenvalue weighted by Gasteiger charge is 2.35. The molecular formula is C13H14F3N3O2. The molecule has 0 saturated heterocycles. The highest BCUT2D eigenvalue weighted by molar-refractivity contribution is 5.90. The number of halogens is 3. The average molecular weight is 301 g/mol. The number of alkyl halides is 3. The molecule has 21 heavy (non-hydrogen) atoms. The van der Waals surface area contributed by atoms with Crippen LogP contribution in [0.1, 0.15) is 36.2 Å². The van der Waals surface area contributed by atoms with Gasteiger partial charge < -0.3 is 5.11 Å². The molecule has 1 N–H and O–H groups in total. The van der Waals surface area contributed by atoms with E-state index in [1.54, 1.807) is 0 Å². The van der Waals surface area contributed by atoms with Crippen LogP contribution in [0.3, 0.4) is 0 Å². The Morgan fingerprint density at radius 3 is 2.38 bits per heavy atom. The van der Waals surface area contributed by atoms with Gasteiger partial charge in [-0.15, -0.1) is 5.10 Å². The van der Waals surface area contributed by atoms with Gasteiger partial charge in [0.25, 0.3) is 0 Å². The fourth-order valence-corrected chi connectivity index (χ4v) is 1.44. The topological polar surface area (TPSA) is 68.0 Å². The Labute approximate surface area is 119 Å². The molecule has 0 radical (unpaired) electrons. The SMILES string of the molecule is CCC.O=C(O)c1ccc(-n2ccnn2)cc1C(F)(F)F. The van der Waals surface area contributed by atoms with Crippen molar-refractivity contribution in [3.05, 3.63) is 41.7 Å². The third-order valence-corrected chi connectivity index (χ3v) is 2.23. The number of benzene rings is 1. The lowest BCUT2D eigenvalue weighted by molar-refractivity contribution is -0.138. The molecule has 0 bridgehead atoms. The first kappa shape index (κ1) is 16.7. The van der Waals surface area contributed by atoms with E-state index in [-0.39, 0.29) is 5.69 Å². The molecule has 0 aliphatic carbocycles. The number of aromatic nitrogens is 3. The van der Waals surface area contributed by atoms with E-state index < -0.39 is 23.3 Å². The first-order valence-electron chi connectivity index (χ1n) is 6.12. The Balaban J connectivity index is 0.000000677. The quantitative estimate of drug-likeness (QED) is 0.923. The van der Waals surface area contributed by atoms with Gasteiger partial charge in [-0.25, -0.2) is 9.48 Å². The minimum atomic E-state index is -4.75. The molecule has 1 aromatic carbocycles. The molecule has 1 aromatic heterocycles. The Morgan fingerprint density at radius 1 is 1.33 bits per heavy atom. The molecule has 0 atom stereocenters. The second-order valence-electron chi connectivity index (χ2n) is 4.09. The van der Waals surface area contributed by atoms with Crippen molar-refractivity contribution >= 4 is 5.97 Å². The zero-order chi connectivity index (χ0) is 16.0. The highest BCUT2D eigenvalue weighted by Crippen LogP contribution is 2.33. The van der Waals surface area contributed by atoms with Gasteiger partial charge in [0.05, 0.1) is 29.2 Å². The predicted molar refractivity (Wildman–Crippen MR) is 69.3 cm³/mol. The monoisotopic (exact) mass is 301 g/mol. The van der Waals surface area contributed by atoms with Crippen molar-refractivity contribution in [2.45, 2.75) is 26.4 Å². The summed E-state index contributed by atoms with van der Waals surface area (Å²) in [4.78, 5) is 10.7. The summed E-state index contributed by atoms with van der Waals surface area (Å²) in [5.74, 6) is -1.63. The first-order chi connectivity index (χ1) is 9.81. The van der Waals surface area contributed by atoms with Gasteiger partial charge in [0, 0.05) is 0 Å². The number of carboxylic acids is 1.